The highest BCUT2D eigenvalue weighted by molar-refractivity contribution is 5.92. The first kappa shape index (κ1) is 13.9. The van der Waals surface area contributed by atoms with Crippen LogP contribution in [0.5, 0.6) is 0 Å². The summed E-state index contributed by atoms with van der Waals surface area (Å²) in [5, 5.41) is 5.95. The van der Waals surface area contributed by atoms with Crippen LogP contribution in [0.25, 0.3) is 0 Å². The van der Waals surface area contributed by atoms with Crippen molar-refractivity contribution in [1.82, 2.24) is 5.32 Å². The number of halogens is 2. The summed E-state index contributed by atoms with van der Waals surface area (Å²) < 4.78 is 12.9. The quantitative estimate of drug-likeness (QED) is 0.854. The van der Waals surface area contributed by atoms with Gasteiger partial charge in [-0.15, -0.1) is 12.4 Å². The van der Waals surface area contributed by atoms with Crippen LogP contribution in [0.3, 0.4) is 0 Å². The lowest BCUT2D eigenvalue weighted by atomic mass is 9.97. The Morgan fingerprint density at radius 3 is 2.71 bits per heavy atom. The van der Waals surface area contributed by atoms with E-state index in [1.54, 1.807) is 12.1 Å². The third-order valence-corrected chi connectivity index (χ3v) is 2.80. The fourth-order valence-electron chi connectivity index (χ4n) is 1.89. The van der Waals surface area contributed by atoms with Crippen molar-refractivity contribution in [2.24, 2.45) is 5.92 Å². The smallest absolute Gasteiger partial charge is 0.227 e. The Bertz CT molecular complexity index is 381. The van der Waals surface area contributed by atoms with Gasteiger partial charge >= 0.3 is 0 Å². The van der Waals surface area contributed by atoms with Gasteiger partial charge in [-0.1, -0.05) is 6.07 Å². The van der Waals surface area contributed by atoms with Crippen LogP contribution in [-0.2, 0) is 4.79 Å². The Hall–Kier alpha value is -1.13. The highest BCUT2D eigenvalue weighted by Gasteiger charge is 2.20. The molecule has 0 aromatic heterocycles. The summed E-state index contributed by atoms with van der Waals surface area (Å²) in [7, 11) is 0. The molecule has 0 bridgehead atoms. The maximum Gasteiger partial charge on any atom is 0.227 e. The minimum Gasteiger partial charge on any atom is -0.326 e. The molecule has 1 aliphatic heterocycles. The van der Waals surface area contributed by atoms with Gasteiger partial charge in [0.2, 0.25) is 5.91 Å². The number of benzene rings is 1. The van der Waals surface area contributed by atoms with Gasteiger partial charge in [0.15, 0.2) is 0 Å². The standard InChI is InChI=1S/C12H15FN2O.ClH/c13-10-2-1-3-11(8-10)15-12(16)9-4-6-14-7-5-9;/h1-3,8-9,14H,4-7H2,(H,15,16);1H. The van der Waals surface area contributed by atoms with Crippen LogP contribution in [0.2, 0.25) is 0 Å². The monoisotopic (exact) mass is 258 g/mol. The average Bonchev–Trinajstić information content (AvgIpc) is 2.30. The van der Waals surface area contributed by atoms with Gasteiger partial charge in [0.05, 0.1) is 0 Å². The fourth-order valence-corrected chi connectivity index (χ4v) is 1.89. The lowest BCUT2D eigenvalue weighted by Crippen LogP contribution is -2.34. The number of hydrogen-bond acceptors (Lipinski definition) is 2. The van der Waals surface area contributed by atoms with Gasteiger partial charge in [0, 0.05) is 11.6 Å². The summed E-state index contributed by atoms with van der Waals surface area (Å²) in [4.78, 5) is 11.8. The van der Waals surface area contributed by atoms with Crippen LogP contribution in [0.4, 0.5) is 10.1 Å². The second-order valence-corrected chi connectivity index (χ2v) is 4.02. The summed E-state index contributed by atoms with van der Waals surface area (Å²) in [5.41, 5.74) is 0.531. The van der Waals surface area contributed by atoms with Gasteiger partial charge in [-0.05, 0) is 44.1 Å². The Labute approximate surface area is 106 Å². The maximum atomic E-state index is 12.9. The molecule has 1 amide bonds. The minimum absolute atomic E-state index is 0. The molecule has 17 heavy (non-hydrogen) atoms. The summed E-state index contributed by atoms with van der Waals surface area (Å²) >= 11 is 0. The molecule has 1 fully saturated rings. The highest BCUT2D eigenvalue weighted by Crippen LogP contribution is 2.16. The van der Waals surface area contributed by atoms with Crippen molar-refractivity contribution in [3.63, 3.8) is 0 Å². The first-order valence-electron chi connectivity index (χ1n) is 5.53. The van der Waals surface area contributed by atoms with Gasteiger partial charge < -0.3 is 10.6 Å². The van der Waals surface area contributed by atoms with Gasteiger partial charge in [-0.2, -0.15) is 0 Å². The predicted molar refractivity (Wildman–Crippen MR) is 67.9 cm³/mol. The van der Waals surface area contributed by atoms with Gasteiger partial charge in [0.1, 0.15) is 5.82 Å². The van der Waals surface area contributed by atoms with Crippen LogP contribution < -0.4 is 10.6 Å². The second-order valence-electron chi connectivity index (χ2n) is 4.02. The van der Waals surface area contributed by atoms with Gasteiger partial charge in [-0.3, -0.25) is 4.79 Å². The Morgan fingerprint density at radius 2 is 2.06 bits per heavy atom. The van der Waals surface area contributed by atoms with Crippen LogP contribution in [0.15, 0.2) is 24.3 Å². The normalized spacial score (nSPS) is 16.1. The molecule has 1 saturated heterocycles. The van der Waals surface area contributed by atoms with E-state index < -0.39 is 0 Å². The van der Waals surface area contributed by atoms with E-state index in [9.17, 15) is 9.18 Å². The van der Waals surface area contributed by atoms with Crippen LogP contribution in [-0.4, -0.2) is 19.0 Å². The van der Waals surface area contributed by atoms with Crippen LogP contribution in [0, 0.1) is 11.7 Å². The topological polar surface area (TPSA) is 41.1 Å². The molecule has 0 aliphatic carbocycles. The number of piperidine rings is 1. The van der Waals surface area contributed by atoms with E-state index in [2.05, 4.69) is 10.6 Å². The van der Waals surface area contributed by atoms with Crippen molar-refractivity contribution in [3.05, 3.63) is 30.1 Å². The third kappa shape index (κ3) is 3.98. The molecule has 2 N–H and O–H groups in total. The first-order valence-corrected chi connectivity index (χ1v) is 5.53. The van der Waals surface area contributed by atoms with E-state index in [0.29, 0.717) is 5.69 Å². The van der Waals surface area contributed by atoms with Crippen LogP contribution in [0.1, 0.15) is 12.8 Å². The number of nitrogens with one attached hydrogen (secondary N) is 2. The molecule has 1 aromatic carbocycles. The van der Waals surface area contributed by atoms with Crippen molar-refractivity contribution >= 4 is 24.0 Å². The molecule has 1 aliphatic rings. The molecule has 0 spiro atoms. The molecular formula is C12H16ClFN2O. The molecule has 2 rings (SSSR count). The Kier molecular flexibility index (Phi) is 5.38. The Balaban J connectivity index is 0.00000144. The first-order chi connectivity index (χ1) is 7.75. The second kappa shape index (κ2) is 6.57. The van der Waals surface area contributed by atoms with E-state index in [0.717, 1.165) is 25.9 Å². The number of anilines is 1. The SMILES string of the molecule is Cl.O=C(Nc1cccc(F)c1)C1CCNCC1. The third-order valence-electron chi connectivity index (χ3n) is 2.80. The number of carbonyl (C=O) groups excluding carboxylic acids is 1. The van der Waals surface area contributed by atoms with Crippen molar-refractivity contribution < 1.29 is 9.18 Å². The zero-order chi connectivity index (χ0) is 11.4. The van der Waals surface area contributed by atoms with Gasteiger partial charge in [-0.25, -0.2) is 4.39 Å². The molecule has 0 saturated carbocycles. The number of carbonyl (C=O) groups is 1. The van der Waals surface area contributed by atoms with E-state index in [1.807, 2.05) is 0 Å². The maximum absolute atomic E-state index is 12.9. The van der Waals surface area contributed by atoms with Gasteiger partial charge in [0.25, 0.3) is 0 Å². The summed E-state index contributed by atoms with van der Waals surface area (Å²) in [6.07, 6.45) is 1.70. The highest BCUT2D eigenvalue weighted by atomic mass is 35.5. The zero-order valence-electron chi connectivity index (χ0n) is 9.41. The summed E-state index contributed by atoms with van der Waals surface area (Å²) in [6, 6.07) is 5.98. The van der Waals surface area contributed by atoms with E-state index in [1.165, 1.54) is 12.1 Å². The minimum atomic E-state index is -0.330. The van der Waals surface area contributed by atoms with Crippen molar-refractivity contribution in [3.8, 4) is 0 Å². The molecule has 0 atom stereocenters. The van der Waals surface area contributed by atoms with Crippen molar-refractivity contribution in [1.29, 1.82) is 0 Å². The molecule has 5 heteroatoms. The fraction of sp³-hybridized carbons (Fsp3) is 0.417. The number of amides is 1. The predicted octanol–water partition coefficient (Wildman–Crippen LogP) is 2.19. The Morgan fingerprint density at radius 1 is 1.35 bits per heavy atom. The lowest BCUT2D eigenvalue weighted by Gasteiger charge is -2.21. The average molecular weight is 259 g/mol. The van der Waals surface area contributed by atoms with E-state index in [4.69, 9.17) is 0 Å². The summed E-state index contributed by atoms with van der Waals surface area (Å²) in [5.74, 6) is -0.292. The molecule has 94 valence electrons. The zero-order valence-corrected chi connectivity index (χ0v) is 10.2. The molecule has 0 unspecified atom stereocenters. The number of hydrogen-bond donors (Lipinski definition) is 2. The van der Waals surface area contributed by atoms with E-state index >= 15 is 0 Å². The van der Waals surface area contributed by atoms with Crippen molar-refractivity contribution in [2.75, 3.05) is 18.4 Å². The molecule has 1 aromatic rings. The van der Waals surface area contributed by atoms with Crippen LogP contribution >= 0.6 is 12.4 Å². The molecular weight excluding hydrogens is 243 g/mol. The number of rotatable bonds is 2. The summed E-state index contributed by atoms with van der Waals surface area (Å²) in [6.45, 7) is 1.75. The van der Waals surface area contributed by atoms with E-state index in [-0.39, 0.29) is 30.0 Å². The molecule has 1 heterocycles. The molecule has 3 nitrogen and oxygen atoms in total. The largest absolute Gasteiger partial charge is 0.326 e. The molecule has 0 radical (unpaired) electrons. The lowest BCUT2D eigenvalue weighted by molar-refractivity contribution is -0.120. The van der Waals surface area contributed by atoms with Crippen molar-refractivity contribution in [2.45, 2.75) is 12.8 Å².